The Morgan fingerprint density at radius 1 is 1.39 bits per heavy atom. The molecule has 7 heteroatoms. The number of halogens is 1. The van der Waals surface area contributed by atoms with Crippen LogP contribution in [0.4, 0.5) is 11.4 Å². The number of anilines is 1. The quantitative estimate of drug-likeness (QED) is 0.604. The Labute approximate surface area is 143 Å². The van der Waals surface area contributed by atoms with Crippen LogP contribution in [-0.4, -0.2) is 48.0 Å². The highest BCUT2D eigenvalue weighted by Crippen LogP contribution is 2.37. The molecule has 0 bridgehead atoms. The Balaban J connectivity index is 2.11. The molecule has 1 saturated heterocycles. The van der Waals surface area contributed by atoms with Gasteiger partial charge in [-0.1, -0.05) is 15.9 Å². The predicted octanol–water partition coefficient (Wildman–Crippen LogP) is 3.44. The van der Waals surface area contributed by atoms with E-state index in [9.17, 15) is 10.1 Å². The molecule has 1 aromatic carbocycles. The summed E-state index contributed by atoms with van der Waals surface area (Å²) in [7, 11) is 4.07. The lowest BCUT2D eigenvalue weighted by atomic mass is 10.0. The van der Waals surface area contributed by atoms with Crippen LogP contribution in [0.5, 0.6) is 0 Å². The molecule has 0 radical (unpaired) electrons. The van der Waals surface area contributed by atoms with Crippen LogP contribution in [0.25, 0.3) is 10.9 Å². The summed E-state index contributed by atoms with van der Waals surface area (Å²) in [4.78, 5) is 19.8. The van der Waals surface area contributed by atoms with Gasteiger partial charge in [0.25, 0.3) is 0 Å². The number of rotatable bonds is 3. The maximum Gasteiger partial charge on any atom is 0.311 e. The van der Waals surface area contributed by atoms with Crippen LogP contribution in [0.15, 0.2) is 28.9 Å². The Kier molecular flexibility index (Phi) is 4.50. The number of likely N-dealkylation sites (tertiary alicyclic amines) is 1. The van der Waals surface area contributed by atoms with Crippen molar-refractivity contribution in [2.45, 2.75) is 18.9 Å². The summed E-state index contributed by atoms with van der Waals surface area (Å²) in [6.07, 6.45) is 3.38. The number of nitro groups is 1. The highest BCUT2D eigenvalue weighted by Gasteiger charge is 2.28. The molecule has 2 aromatic rings. The predicted molar refractivity (Wildman–Crippen MR) is 95.0 cm³/mol. The van der Waals surface area contributed by atoms with Gasteiger partial charge in [-0.25, -0.2) is 4.98 Å². The maximum atomic E-state index is 11.5. The van der Waals surface area contributed by atoms with Crippen LogP contribution in [0.3, 0.4) is 0 Å². The molecule has 1 aliphatic heterocycles. The van der Waals surface area contributed by atoms with Crippen LogP contribution in [0, 0.1) is 10.1 Å². The van der Waals surface area contributed by atoms with E-state index in [1.165, 1.54) is 6.20 Å². The monoisotopic (exact) mass is 378 g/mol. The van der Waals surface area contributed by atoms with Crippen molar-refractivity contribution in [2.75, 3.05) is 32.1 Å². The lowest BCUT2D eigenvalue weighted by Gasteiger charge is -2.36. The molecule has 0 spiro atoms. The van der Waals surface area contributed by atoms with E-state index in [2.05, 4.69) is 37.8 Å². The SMILES string of the molecule is CN1CCC(N(C)c2c([N+](=O)[O-])cnc3ccc(Br)cc23)CC1. The lowest BCUT2D eigenvalue weighted by Crippen LogP contribution is -2.42. The van der Waals surface area contributed by atoms with Crippen molar-refractivity contribution in [3.8, 4) is 0 Å². The van der Waals surface area contributed by atoms with Gasteiger partial charge in [0.1, 0.15) is 11.9 Å². The van der Waals surface area contributed by atoms with Gasteiger partial charge in [0, 0.05) is 22.9 Å². The molecule has 1 fully saturated rings. The van der Waals surface area contributed by atoms with Crippen molar-refractivity contribution in [3.63, 3.8) is 0 Å². The highest BCUT2D eigenvalue weighted by molar-refractivity contribution is 9.10. The minimum atomic E-state index is -0.339. The summed E-state index contributed by atoms with van der Waals surface area (Å²) in [5, 5.41) is 12.3. The zero-order valence-electron chi connectivity index (χ0n) is 13.2. The summed E-state index contributed by atoms with van der Waals surface area (Å²) in [6, 6.07) is 6.00. The largest absolute Gasteiger partial charge is 0.365 e. The first kappa shape index (κ1) is 16.1. The Morgan fingerprint density at radius 3 is 2.74 bits per heavy atom. The van der Waals surface area contributed by atoms with Crippen LogP contribution in [0.1, 0.15) is 12.8 Å². The van der Waals surface area contributed by atoms with E-state index in [0.717, 1.165) is 41.3 Å². The second-order valence-electron chi connectivity index (χ2n) is 6.06. The fraction of sp³-hybridized carbons (Fsp3) is 0.438. The van der Waals surface area contributed by atoms with Crippen molar-refractivity contribution in [1.29, 1.82) is 0 Å². The first-order valence-corrected chi connectivity index (χ1v) is 8.40. The smallest absolute Gasteiger partial charge is 0.311 e. The highest BCUT2D eigenvalue weighted by atomic mass is 79.9. The van der Waals surface area contributed by atoms with Crippen LogP contribution in [0.2, 0.25) is 0 Å². The molecule has 2 heterocycles. The van der Waals surface area contributed by atoms with E-state index in [1.54, 1.807) is 0 Å². The average molecular weight is 379 g/mol. The normalized spacial score (nSPS) is 16.7. The number of aromatic nitrogens is 1. The van der Waals surface area contributed by atoms with Gasteiger partial charge < -0.3 is 9.80 Å². The molecule has 0 atom stereocenters. The molecule has 3 rings (SSSR count). The van der Waals surface area contributed by atoms with E-state index < -0.39 is 0 Å². The fourth-order valence-electron chi connectivity index (χ4n) is 3.21. The average Bonchev–Trinajstić information content (AvgIpc) is 2.53. The minimum Gasteiger partial charge on any atom is -0.365 e. The van der Waals surface area contributed by atoms with Gasteiger partial charge in [-0.2, -0.15) is 0 Å². The molecule has 0 aliphatic carbocycles. The summed E-state index contributed by atoms with van der Waals surface area (Å²) >= 11 is 3.46. The van der Waals surface area contributed by atoms with E-state index in [1.807, 2.05) is 25.2 Å². The number of pyridine rings is 1. The number of fused-ring (bicyclic) bond motifs is 1. The summed E-state index contributed by atoms with van der Waals surface area (Å²) in [5.41, 5.74) is 1.50. The molecule has 0 unspecified atom stereocenters. The zero-order chi connectivity index (χ0) is 16.6. The third kappa shape index (κ3) is 3.16. The van der Waals surface area contributed by atoms with Crippen LogP contribution < -0.4 is 4.90 Å². The number of nitrogens with zero attached hydrogens (tertiary/aromatic N) is 4. The summed E-state index contributed by atoms with van der Waals surface area (Å²) < 4.78 is 0.894. The summed E-state index contributed by atoms with van der Waals surface area (Å²) in [6.45, 7) is 2.02. The van der Waals surface area contributed by atoms with Gasteiger partial charge in [0.15, 0.2) is 0 Å². The second-order valence-corrected chi connectivity index (χ2v) is 6.97. The zero-order valence-corrected chi connectivity index (χ0v) is 14.8. The number of benzene rings is 1. The Hall–Kier alpha value is -1.73. The van der Waals surface area contributed by atoms with Gasteiger partial charge in [-0.3, -0.25) is 10.1 Å². The first-order chi connectivity index (χ1) is 11.0. The minimum absolute atomic E-state index is 0.0667. The van der Waals surface area contributed by atoms with Crippen molar-refractivity contribution in [1.82, 2.24) is 9.88 Å². The van der Waals surface area contributed by atoms with E-state index in [4.69, 9.17) is 0 Å². The van der Waals surface area contributed by atoms with Gasteiger partial charge in [0.2, 0.25) is 0 Å². The third-order valence-electron chi connectivity index (χ3n) is 4.57. The number of hydrogen-bond acceptors (Lipinski definition) is 5. The molecule has 1 aliphatic rings. The van der Waals surface area contributed by atoms with Crippen molar-refractivity contribution < 1.29 is 4.92 Å². The molecule has 0 saturated carbocycles. The van der Waals surface area contributed by atoms with Gasteiger partial charge >= 0.3 is 5.69 Å². The number of piperidine rings is 1. The van der Waals surface area contributed by atoms with Crippen LogP contribution in [-0.2, 0) is 0 Å². The van der Waals surface area contributed by atoms with Gasteiger partial charge in [-0.05, 0) is 51.2 Å². The van der Waals surface area contributed by atoms with Crippen molar-refractivity contribution in [2.24, 2.45) is 0 Å². The number of hydrogen-bond donors (Lipinski definition) is 0. The first-order valence-electron chi connectivity index (χ1n) is 7.61. The lowest BCUT2D eigenvalue weighted by molar-refractivity contribution is -0.384. The topological polar surface area (TPSA) is 62.5 Å². The molecular weight excluding hydrogens is 360 g/mol. The molecule has 6 nitrogen and oxygen atoms in total. The maximum absolute atomic E-state index is 11.5. The Morgan fingerprint density at radius 2 is 2.09 bits per heavy atom. The Bertz CT molecular complexity index is 744. The van der Waals surface area contributed by atoms with Crippen LogP contribution >= 0.6 is 15.9 Å². The molecule has 0 N–H and O–H groups in total. The van der Waals surface area contributed by atoms with Gasteiger partial charge in [-0.15, -0.1) is 0 Å². The van der Waals surface area contributed by atoms with Crippen molar-refractivity contribution >= 4 is 38.2 Å². The molecule has 23 heavy (non-hydrogen) atoms. The third-order valence-corrected chi connectivity index (χ3v) is 5.06. The molecular formula is C16H19BrN4O2. The molecule has 122 valence electrons. The van der Waals surface area contributed by atoms with Gasteiger partial charge in [0.05, 0.1) is 10.4 Å². The molecule has 0 amide bonds. The standard InChI is InChI=1S/C16H19BrN4O2/c1-19-7-5-12(6-8-19)20(2)16-13-9-11(17)3-4-14(13)18-10-15(16)21(22)23/h3-4,9-10,12H,5-8H2,1-2H3. The van der Waals surface area contributed by atoms with E-state index in [0.29, 0.717) is 11.7 Å². The van der Waals surface area contributed by atoms with Crippen molar-refractivity contribution in [3.05, 3.63) is 39.0 Å². The summed E-state index contributed by atoms with van der Waals surface area (Å²) in [5.74, 6) is 0. The molecule has 1 aromatic heterocycles. The van der Waals surface area contributed by atoms with E-state index in [-0.39, 0.29) is 10.6 Å². The fourth-order valence-corrected chi connectivity index (χ4v) is 3.57. The van der Waals surface area contributed by atoms with E-state index >= 15 is 0 Å². The second kappa shape index (κ2) is 6.41.